The first-order valence-electron chi connectivity index (χ1n) is 4.50. The minimum Gasteiger partial charge on any atom is -0.425 e. The van der Waals surface area contributed by atoms with Gasteiger partial charge in [0.2, 0.25) is 0 Å². The van der Waals surface area contributed by atoms with E-state index in [4.69, 9.17) is 14.4 Å². The summed E-state index contributed by atoms with van der Waals surface area (Å²) in [6, 6.07) is 10.4. The third-order valence-corrected chi connectivity index (χ3v) is 1.98. The summed E-state index contributed by atoms with van der Waals surface area (Å²) in [6.45, 7) is 3.25. The molecule has 2 aromatic rings. The van der Waals surface area contributed by atoms with Crippen LogP contribution in [0.2, 0.25) is 0 Å². The van der Waals surface area contributed by atoms with Crippen LogP contribution in [0, 0.1) is 11.3 Å². The topological polar surface area (TPSA) is 63.2 Å². The fourth-order valence-corrected chi connectivity index (χ4v) is 1.21. The number of ether oxygens (including phenoxy) is 1. The Labute approximate surface area is 91.3 Å². The van der Waals surface area contributed by atoms with Crippen molar-refractivity contribution in [3.05, 3.63) is 42.5 Å². The van der Waals surface area contributed by atoms with Crippen molar-refractivity contribution in [1.29, 1.82) is 5.26 Å². The first-order chi connectivity index (χ1) is 7.70. The van der Waals surface area contributed by atoms with Crippen LogP contribution >= 0.6 is 0 Å². The molecule has 2 rings (SSSR count). The first-order valence-corrected chi connectivity index (χ1v) is 4.50. The number of benzene rings is 1. The maximum absolute atomic E-state index is 11.2. The predicted molar refractivity (Wildman–Crippen MR) is 56.6 cm³/mol. The average Bonchev–Trinajstić information content (AvgIpc) is 2.69. The minimum absolute atomic E-state index is 0.0580. The fourth-order valence-electron chi connectivity index (χ4n) is 1.21. The Kier molecular flexibility index (Phi) is 2.44. The monoisotopic (exact) mass is 213 g/mol. The molecule has 1 aromatic heterocycles. The second kappa shape index (κ2) is 3.91. The quantitative estimate of drug-likeness (QED) is 0.436. The number of nitriles is 1. The molecule has 1 aromatic carbocycles. The van der Waals surface area contributed by atoms with Crippen molar-refractivity contribution in [3.63, 3.8) is 0 Å². The van der Waals surface area contributed by atoms with Gasteiger partial charge in [-0.05, 0) is 6.07 Å². The lowest BCUT2D eigenvalue weighted by molar-refractivity contribution is -0.130. The van der Waals surface area contributed by atoms with Gasteiger partial charge in [-0.3, -0.25) is 0 Å². The molecule has 0 bridgehead atoms. The van der Waals surface area contributed by atoms with Gasteiger partial charge in [0, 0.05) is 11.5 Å². The van der Waals surface area contributed by atoms with Crippen LogP contribution in [0.1, 0.15) is 0 Å². The minimum atomic E-state index is -0.804. The Morgan fingerprint density at radius 2 is 2.19 bits per heavy atom. The van der Waals surface area contributed by atoms with Crippen molar-refractivity contribution in [2.45, 2.75) is 0 Å². The first kappa shape index (κ1) is 9.99. The van der Waals surface area contributed by atoms with E-state index in [2.05, 4.69) is 6.58 Å². The zero-order valence-corrected chi connectivity index (χ0v) is 8.27. The molecule has 0 unspecified atom stereocenters. The van der Waals surface area contributed by atoms with Crippen molar-refractivity contribution in [1.82, 2.24) is 0 Å². The van der Waals surface area contributed by atoms with E-state index in [9.17, 15) is 4.79 Å². The highest BCUT2D eigenvalue weighted by atomic mass is 16.6. The van der Waals surface area contributed by atoms with Crippen LogP contribution in [0.3, 0.4) is 0 Å². The lowest BCUT2D eigenvalue weighted by Crippen LogP contribution is -2.08. The summed E-state index contributed by atoms with van der Waals surface area (Å²) in [5.41, 5.74) is 0.355. The van der Waals surface area contributed by atoms with E-state index in [0.29, 0.717) is 5.58 Å². The second-order valence-electron chi connectivity index (χ2n) is 3.08. The van der Waals surface area contributed by atoms with Crippen molar-refractivity contribution < 1.29 is 13.9 Å². The summed E-state index contributed by atoms with van der Waals surface area (Å²) in [6.07, 6.45) is 0. The molecule has 1 heterocycles. The Hall–Kier alpha value is -2.54. The highest BCUT2D eigenvalue weighted by molar-refractivity contribution is 5.93. The summed E-state index contributed by atoms with van der Waals surface area (Å²) >= 11 is 0. The third-order valence-electron chi connectivity index (χ3n) is 1.98. The Morgan fingerprint density at radius 3 is 2.88 bits per heavy atom. The van der Waals surface area contributed by atoms with E-state index < -0.39 is 5.97 Å². The standard InChI is InChI=1S/C12H7NO3/c1-8(7-13)12(14)16-11-6-9-4-2-3-5-10(9)15-11/h2-6H,1H2. The van der Waals surface area contributed by atoms with Gasteiger partial charge in [-0.25, -0.2) is 4.79 Å². The molecule has 0 aliphatic carbocycles. The molecule has 0 aliphatic rings. The Bertz CT molecular complexity index is 571. The summed E-state index contributed by atoms with van der Waals surface area (Å²) < 4.78 is 10.1. The van der Waals surface area contributed by atoms with Crippen LogP contribution in [0.25, 0.3) is 11.0 Å². The largest absolute Gasteiger partial charge is 0.425 e. The van der Waals surface area contributed by atoms with E-state index in [1.165, 1.54) is 0 Å². The molecule has 78 valence electrons. The molecule has 0 aliphatic heterocycles. The van der Waals surface area contributed by atoms with Crippen LogP contribution in [-0.4, -0.2) is 5.97 Å². The van der Waals surface area contributed by atoms with Gasteiger partial charge in [-0.1, -0.05) is 24.8 Å². The summed E-state index contributed by atoms with van der Waals surface area (Å²) in [5, 5.41) is 9.27. The number of furan rings is 1. The lowest BCUT2D eigenvalue weighted by Gasteiger charge is -1.95. The van der Waals surface area contributed by atoms with Gasteiger partial charge in [0.1, 0.15) is 17.2 Å². The molecule has 0 spiro atoms. The highest BCUT2D eigenvalue weighted by Crippen LogP contribution is 2.24. The zero-order chi connectivity index (χ0) is 11.5. The number of fused-ring (bicyclic) bond motifs is 1. The van der Waals surface area contributed by atoms with Gasteiger partial charge >= 0.3 is 5.97 Å². The van der Waals surface area contributed by atoms with Crippen molar-refractivity contribution in [3.8, 4) is 12.0 Å². The van der Waals surface area contributed by atoms with E-state index in [-0.39, 0.29) is 11.5 Å². The molecule has 4 heteroatoms. The fraction of sp³-hybridized carbons (Fsp3) is 0. The molecule has 0 amide bonds. The van der Waals surface area contributed by atoms with E-state index >= 15 is 0 Å². The van der Waals surface area contributed by atoms with Crippen LogP contribution in [0.15, 0.2) is 46.9 Å². The molecule has 0 atom stereocenters. The van der Waals surface area contributed by atoms with Crippen LogP contribution in [0.5, 0.6) is 5.95 Å². The van der Waals surface area contributed by atoms with Gasteiger partial charge in [0.15, 0.2) is 0 Å². The number of nitrogens with zero attached hydrogens (tertiary/aromatic N) is 1. The smallest absolute Gasteiger partial charge is 0.356 e. The van der Waals surface area contributed by atoms with E-state index in [1.807, 2.05) is 18.2 Å². The van der Waals surface area contributed by atoms with Crippen molar-refractivity contribution >= 4 is 16.9 Å². The number of esters is 1. The van der Waals surface area contributed by atoms with Crippen LogP contribution in [-0.2, 0) is 4.79 Å². The summed E-state index contributed by atoms with van der Waals surface area (Å²) in [5.74, 6) is -0.746. The molecule has 0 saturated carbocycles. The molecule has 0 saturated heterocycles. The van der Waals surface area contributed by atoms with Gasteiger partial charge in [-0.15, -0.1) is 0 Å². The molecule has 0 N–H and O–H groups in total. The summed E-state index contributed by atoms with van der Waals surface area (Å²) in [7, 11) is 0. The number of carbonyl (C=O) groups excluding carboxylic acids is 1. The molecule has 16 heavy (non-hydrogen) atoms. The van der Waals surface area contributed by atoms with Gasteiger partial charge in [0.25, 0.3) is 5.95 Å². The molecule has 0 radical (unpaired) electrons. The van der Waals surface area contributed by atoms with Crippen LogP contribution < -0.4 is 4.74 Å². The number of para-hydroxylation sites is 1. The van der Waals surface area contributed by atoms with Gasteiger partial charge in [-0.2, -0.15) is 5.26 Å². The number of carbonyl (C=O) groups is 1. The highest BCUT2D eigenvalue weighted by Gasteiger charge is 2.12. The maximum atomic E-state index is 11.2. The molecular weight excluding hydrogens is 206 g/mol. The van der Waals surface area contributed by atoms with Crippen molar-refractivity contribution in [2.75, 3.05) is 0 Å². The van der Waals surface area contributed by atoms with Gasteiger partial charge < -0.3 is 9.15 Å². The second-order valence-corrected chi connectivity index (χ2v) is 3.08. The Morgan fingerprint density at radius 1 is 1.44 bits per heavy atom. The Balaban J connectivity index is 2.26. The number of hydrogen-bond acceptors (Lipinski definition) is 4. The SMILES string of the molecule is C=C(C#N)C(=O)Oc1cc2ccccc2o1. The normalized spacial score (nSPS) is 9.69. The lowest BCUT2D eigenvalue weighted by atomic mass is 10.3. The third kappa shape index (κ3) is 1.79. The van der Waals surface area contributed by atoms with Crippen LogP contribution in [0.4, 0.5) is 0 Å². The molecular formula is C12H7NO3. The maximum Gasteiger partial charge on any atom is 0.356 e. The van der Waals surface area contributed by atoms with Crippen molar-refractivity contribution in [2.24, 2.45) is 0 Å². The number of hydrogen-bond donors (Lipinski definition) is 0. The summed E-state index contributed by atoms with van der Waals surface area (Å²) in [4.78, 5) is 11.2. The zero-order valence-electron chi connectivity index (χ0n) is 8.27. The predicted octanol–water partition coefficient (Wildman–Crippen LogP) is 2.42. The van der Waals surface area contributed by atoms with E-state index in [0.717, 1.165) is 5.39 Å². The molecule has 0 fully saturated rings. The van der Waals surface area contributed by atoms with E-state index in [1.54, 1.807) is 18.2 Å². The average molecular weight is 213 g/mol. The van der Waals surface area contributed by atoms with Gasteiger partial charge in [0.05, 0.1) is 0 Å². The molecule has 4 nitrogen and oxygen atoms in total. The number of rotatable bonds is 2.